The second-order valence-electron chi connectivity index (χ2n) is 3.71. The summed E-state index contributed by atoms with van der Waals surface area (Å²) in [5.41, 5.74) is 0.748. The van der Waals surface area contributed by atoms with E-state index in [4.69, 9.17) is 4.42 Å². The Morgan fingerprint density at radius 2 is 2.31 bits per heavy atom. The van der Waals surface area contributed by atoms with Crippen molar-refractivity contribution in [3.63, 3.8) is 0 Å². The van der Waals surface area contributed by atoms with Crippen molar-refractivity contribution in [2.24, 2.45) is 5.92 Å². The predicted octanol–water partition coefficient (Wildman–Crippen LogP) is 3.03. The molecular formula is C11H13NO. The molecule has 0 fully saturated rings. The molecule has 2 nitrogen and oxygen atoms in total. The van der Waals surface area contributed by atoms with E-state index in [-0.39, 0.29) is 0 Å². The lowest BCUT2D eigenvalue weighted by atomic mass is 10.1. The Bertz CT molecular complexity index is 370. The van der Waals surface area contributed by atoms with Crippen LogP contribution >= 0.6 is 0 Å². The topological polar surface area (TPSA) is 26.0 Å². The molecule has 0 bridgehead atoms. The number of nitrogens with zero attached hydrogens (tertiary/aromatic N) is 1. The summed E-state index contributed by atoms with van der Waals surface area (Å²) in [5, 5.41) is 1.10. The summed E-state index contributed by atoms with van der Waals surface area (Å²) in [4.78, 5) is 4.14. The Kier molecular flexibility index (Phi) is 2.05. The zero-order chi connectivity index (χ0) is 9.26. The molecule has 2 heteroatoms. The Balaban J connectivity index is 2.38. The smallest absolute Gasteiger partial charge is 0.226 e. The van der Waals surface area contributed by atoms with Crippen LogP contribution in [0.25, 0.3) is 11.1 Å². The number of pyridine rings is 1. The van der Waals surface area contributed by atoms with Crippen molar-refractivity contribution in [3.8, 4) is 0 Å². The van der Waals surface area contributed by atoms with Gasteiger partial charge in [-0.15, -0.1) is 0 Å². The quantitative estimate of drug-likeness (QED) is 0.701. The molecule has 0 spiro atoms. The third kappa shape index (κ3) is 1.72. The molecule has 0 N–H and O–H groups in total. The number of hydrogen-bond donors (Lipinski definition) is 0. The van der Waals surface area contributed by atoms with Gasteiger partial charge in [-0.05, 0) is 24.1 Å². The molecule has 2 heterocycles. The maximum absolute atomic E-state index is 5.57. The third-order valence-corrected chi connectivity index (χ3v) is 1.95. The van der Waals surface area contributed by atoms with E-state index < -0.39 is 0 Å². The van der Waals surface area contributed by atoms with Gasteiger partial charge in [-0.1, -0.05) is 13.8 Å². The average molecular weight is 175 g/mol. The first kappa shape index (κ1) is 8.30. The summed E-state index contributed by atoms with van der Waals surface area (Å²) in [7, 11) is 0. The normalized spacial score (nSPS) is 11.3. The molecule has 0 aliphatic heterocycles. The van der Waals surface area contributed by atoms with Crippen LogP contribution in [0.2, 0.25) is 0 Å². The maximum atomic E-state index is 5.57. The van der Waals surface area contributed by atoms with E-state index in [9.17, 15) is 0 Å². The second-order valence-corrected chi connectivity index (χ2v) is 3.71. The van der Waals surface area contributed by atoms with E-state index in [0.29, 0.717) is 5.92 Å². The van der Waals surface area contributed by atoms with Crippen LogP contribution in [0.4, 0.5) is 0 Å². The molecule has 0 radical (unpaired) electrons. The molecule has 0 amide bonds. The monoisotopic (exact) mass is 175 g/mol. The largest absolute Gasteiger partial charge is 0.443 e. The first-order chi connectivity index (χ1) is 6.25. The highest BCUT2D eigenvalue weighted by Crippen LogP contribution is 2.18. The standard InChI is InChI=1S/C11H13NO/c1-8(2)6-10-7-9-4-3-5-12-11(9)13-10/h3-5,7-8H,6H2,1-2H3. The van der Waals surface area contributed by atoms with Crippen molar-refractivity contribution >= 4 is 11.1 Å². The summed E-state index contributed by atoms with van der Waals surface area (Å²) < 4.78 is 5.57. The zero-order valence-electron chi connectivity index (χ0n) is 7.95. The van der Waals surface area contributed by atoms with Gasteiger partial charge in [0, 0.05) is 18.0 Å². The Morgan fingerprint density at radius 3 is 3.00 bits per heavy atom. The molecule has 2 aromatic rings. The molecule has 0 saturated heterocycles. The van der Waals surface area contributed by atoms with Gasteiger partial charge in [0.1, 0.15) is 5.76 Å². The van der Waals surface area contributed by atoms with Gasteiger partial charge in [-0.25, -0.2) is 4.98 Å². The zero-order valence-corrected chi connectivity index (χ0v) is 7.95. The Hall–Kier alpha value is -1.31. The minimum atomic E-state index is 0.626. The van der Waals surface area contributed by atoms with Gasteiger partial charge >= 0.3 is 0 Å². The fourth-order valence-electron chi connectivity index (χ4n) is 1.43. The van der Waals surface area contributed by atoms with Gasteiger partial charge in [0.25, 0.3) is 0 Å². The average Bonchev–Trinajstić information content (AvgIpc) is 2.44. The van der Waals surface area contributed by atoms with Crippen molar-refractivity contribution in [3.05, 3.63) is 30.2 Å². The fourth-order valence-corrected chi connectivity index (χ4v) is 1.43. The van der Waals surface area contributed by atoms with Crippen LogP contribution in [-0.2, 0) is 6.42 Å². The molecule has 0 aromatic carbocycles. The van der Waals surface area contributed by atoms with E-state index >= 15 is 0 Å². The van der Waals surface area contributed by atoms with Crippen molar-refractivity contribution in [2.75, 3.05) is 0 Å². The first-order valence-corrected chi connectivity index (χ1v) is 4.59. The molecular weight excluding hydrogens is 162 g/mol. The SMILES string of the molecule is CC(C)Cc1cc2cccnc2o1. The summed E-state index contributed by atoms with van der Waals surface area (Å²) in [6, 6.07) is 6.02. The van der Waals surface area contributed by atoms with Gasteiger partial charge in [0.15, 0.2) is 0 Å². The highest BCUT2D eigenvalue weighted by atomic mass is 16.3. The minimum absolute atomic E-state index is 0.626. The molecule has 0 aliphatic rings. The molecule has 2 rings (SSSR count). The molecule has 2 aromatic heterocycles. The van der Waals surface area contributed by atoms with Crippen LogP contribution in [-0.4, -0.2) is 4.98 Å². The Labute approximate surface area is 77.6 Å². The molecule has 0 unspecified atom stereocenters. The highest BCUT2D eigenvalue weighted by molar-refractivity contribution is 5.73. The van der Waals surface area contributed by atoms with E-state index in [1.807, 2.05) is 12.1 Å². The van der Waals surface area contributed by atoms with E-state index in [2.05, 4.69) is 24.9 Å². The van der Waals surface area contributed by atoms with Gasteiger partial charge in [0.2, 0.25) is 5.71 Å². The van der Waals surface area contributed by atoms with E-state index in [1.54, 1.807) is 6.20 Å². The number of fused-ring (bicyclic) bond motifs is 1. The molecule has 0 saturated carbocycles. The predicted molar refractivity (Wildman–Crippen MR) is 52.6 cm³/mol. The van der Waals surface area contributed by atoms with Crippen molar-refractivity contribution in [1.82, 2.24) is 4.98 Å². The summed E-state index contributed by atoms with van der Waals surface area (Å²) in [6.45, 7) is 4.36. The second kappa shape index (κ2) is 3.21. The van der Waals surface area contributed by atoms with Crippen LogP contribution in [0.15, 0.2) is 28.8 Å². The molecule has 68 valence electrons. The molecule has 13 heavy (non-hydrogen) atoms. The summed E-state index contributed by atoms with van der Waals surface area (Å²) in [5.74, 6) is 1.66. The van der Waals surface area contributed by atoms with Gasteiger partial charge in [-0.3, -0.25) is 0 Å². The third-order valence-electron chi connectivity index (χ3n) is 1.95. The lowest BCUT2D eigenvalue weighted by Crippen LogP contribution is -1.90. The number of rotatable bonds is 2. The van der Waals surface area contributed by atoms with Gasteiger partial charge in [0.05, 0.1) is 0 Å². The number of aromatic nitrogens is 1. The maximum Gasteiger partial charge on any atom is 0.226 e. The van der Waals surface area contributed by atoms with Crippen molar-refractivity contribution < 1.29 is 4.42 Å². The summed E-state index contributed by atoms with van der Waals surface area (Å²) in [6.07, 6.45) is 2.74. The van der Waals surface area contributed by atoms with Crippen molar-refractivity contribution in [2.45, 2.75) is 20.3 Å². The van der Waals surface area contributed by atoms with Crippen LogP contribution in [0.5, 0.6) is 0 Å². The lowest BCUT2D eigenvalue weighted by molar-refractivity contribution is 0.494. The lowest BCUT2D eigenvalue weighted by Gasteiger charge is -1.98. The Morgan fingerprint density at radius 1 is 1.46 bits per heavy atom. The van der Waals surface area contributed by atoms with Crippen LogP contribution in [0, 0.1) is 5.92 Å². The molecule has 0 atom stereocenters. The highest BCUT2D eigenvalue weighted by Gasteiger charge is 2.05. The van der Waals surface area contributed by atoms with Crippen LogP contribution < -0.4 is 0 Å². The number of hydrogen-bond acceptors (Lipinski definition) is 2. The van der Waals surface area contributed by atoms with Crippen molar-refractivity contribution in [1.29, 1.82) is 0 Å². The van der Waals surface area contributed by atoms with Crippen LogP contribution in [0.3, 0.4) is 0 Å². The van der Waals surface area contributed by atoms with Gasteiger partial charge < -0.3 is 4.42 Å². The minimum Gasteiger partial charge on any atom is -0.443 e. The van der Waals surface area contributed by atoms with E-state index in [1.165, 1.54) is 0 Å². The summed E-state index contributed by atoms with van der Waals surface area (Å²) >= 11 is 0. The van der Waals surface area contributed by atoms with E-state index in [0.717, 1.165) is 23.3 Å². The van der Waals surface area contributed by atoms with Gasteiger partial charge in [-0.2, -0.15) is 0 Å². The number of furan rings is 1. The fraction of sp³-hybridized carbons (Fsp3) is 0.364. The first-order valence-electron chi connectivity index (χ1n) is 4.59. The van der Waals surface area contributed by atoms with Crippen LogP contribution in [0.1, 0.15) is 19.6 Å². The molecule has 0 aliphatic carbocycles.